The van der Waals surface area contributed by atoms with Gasteiger partial charge in [-0.2, -0.15) is 0 Å². The smallest absolute Gasteiger partial charge is 0.262 e. The lowest BCUT2D eigenvalue weighted by Gasteiger charge is -2.42. The number of carbonyl (C=O) groups is 5. The van der Waals surface area contributed by atoms with Crippen LogP contribution >= 0.6 is 11.6 Å². The second kappa shape index (κ2) is 18.4. The van der Waals surface area contributed by atoms with Crippen LogP contribution in [0.4, 0.5) is 11.5 Å². The van der Waals surface area contributed by atoms with Crippen molar-refractivity contribution in [3.63, 3.8) is 0 Å². The summed E-state index contributed by atoms with van der Waals surface area (Å²) >= 11 is 6.65. The lowest BCUT2D eigenvalue weighted by atomic mass is 9.89. The molecule has 10 rings (SSSR count). The van der Waals surface area contributed by atoms with Crippen molar-refractivity contribution in [2.24, 2.45) is 5.92 Å². The topological polar surface area (TPSA) is 182 Å². The van der Waals surface area contributed by atoms with E-state index in [9.17, 15) is 24.0 Å². The SMILES string of the molecule is O=C1CCC(N2C(=O)c3ccc(N4CCC(N5CCC(CNC6CCC(Nc7ncnc8[nH]cc(C(=O)c9ccc(Oc%10ccccc%10)cc9Cl)c78)CC6)CC5)CC4)cc3C2=O)C(=O)N1. The number of aromatic amines is 1. The van der Waals surface area contributed by atoms with E-state index in [1.165, 1.54) is 19.2 Å². The van der Waals surface area contributed by atoms with Gasteiger partial charge in [0.1, 0.15) is 35.3 Å². The summed E-state index contributed by atoms with van der Waals surface area (Å²) in [7, 11) is 0. The number of halogens is 1. The monoisotopic (exact) mass is 897 g/mol. The number of ether oxygens (including phenoxy) is 1. The number of H-pyrrole nitrogens is 1. The molecule has 1 saturated carbocycles. The maximum Gasteiger partial charge on any atom is 0.262 e. The normalized spacial score (nSPS) is 22.3. The van der Waals surface area contributed by atoms with Gasteiger partial charge in [-0.1, -0.05) is 29.8 Å². The van der Waals surface area contributed by atoms with Crippen LogP contribution in [0.2, 0.25) is 5.02 Å². The van der Waals surface area contributed by atoms with E-state index in [0.29, 0.717) is 73.6 Å². The number of nitrogens with zero attached hydrogens (tertiary/aromatic N) is 5. The Morgan fingerprint density at radius 1 is 0.769 bits per heavy atom. The van der Waals surface area contributed by atoms with E-state index in [2.05, 4.69) is 40.7 Å². The van der Waals surface area contributed by atoms with Crippen molar-refractivity contribution in [3.05, 3.63) is 107 Å². The minimum Gasteiger partial charge on any atom is -0.457 e. The van der Waals surface area contributed by atoms with Crippen molar-refractivity contribution in [2.75, 3.05) is 42.9 Å². The molecule has 1 unspecified atom stereocenters. The first-order chi connectivity index (χ1) is 31.7. The third kappa shape index (κ3) is 8.84. The first-order valence-corrected chi connectivity index (χ1v) is 23.3. The van der Waals surface area contributed by atoms with Crippen LogP contribution in [0.25, 0.3) is 11.0 Å². The van der Waals surface area contributed by atoms with Crippen molar-refractivity contribution in [1.82, 2.24) is 35.4 Å². The lowest BCUT2D eigenvalue weighted by molar-refractivity contribution is -0.136. The van der Waals surface area contributed by atoms with Crippen molar-refractivity contribution >= 4 is 63.6 Å². The number of fused-ring (bicyclic) bond motifs is 2. The van der Waals surface area contributed by atoms with E-state index in [4.69, 9.17) is 16.3 Å². The molecule has 16 heteroatoms. The molecule has 1 aliphatic carbocycles. The Morgan fingerprint density at radius 2 is 1.52 bits per heavy atom. The van der Waals surface area contributed by atoms with Crippen LogP contribution in [0.15, 0.2) is 79.3 Å². The number of nitrogens with one attached hydrogen (secondary N) is 4. The molecule has 2 aromatic heterocycles. The van der Waals surface area contributed by atoms with Gasteiger partial charge < -0.3 is 30.2 Å². The molecule has 15 nitrogen and oxygen atoms in total. The zero-order valence-corrected chi connectivity index (χ0v) is 36.8. The van der Waals surface area contributed by atoms with Gasteiger partial charge >= 0.3 is 0 Å². The van der Waals surface area contributed by atoms with Crippen LogP contribution in [0.5, 0.6) is 11.5 Å². The molecule has 4 fully saturated rings. The molecule has 3 saturated heterocycles. The highest BCUT2D eigenvalue weighted by Gasteiger charge is 2.45. The lowest BCUT2D eigenvalue weighted by Crippen LogP contribution is -2.54. The summed E-state index contributed by atoms with van der Waals surface area (Å²) in [4.78, 5) is 82.7. The Balaban J connectivity index is 0.665. The Bertz CT molecular complexity index is 2630. The molecule has 4 N–H and O–H groups in total. The fraction of sp³-hybridized carbons (Fsp3) is 0.408. The van der Waals surface area contributed by atoms with Gasteiger partial charge in [0.05, 0.1) is 27.1 Å². The molecular weight excluding hydrogens is 846 g/mol. The zero-order chi connectivity index (χ0) is 44.6. The van der Waals surface area contributed by atoms with Crippen molar-refractivity contribution in [1.29, 1.82) is 0 Å². The predicted molar refractivity (Wildman–Crippen MR) is 246 cm³/mol. The van der Waals surface area contributed by atoms with E-state index >= 15 is 0 Å². The number of amides is 4. The molecule has 4 amide bonds. The molecule has 0 bridgehead atoms. The third-order valence-corrected chi connectivity index (χ3v) is 14.4. The van der Waals surface area contributed by atoms with E-state index < -0.39 is 23.8 Å². The Hall–Kier alpha value is -6.16. The molecule has 4 aliphatic heterocycles. The zero-order valence-electron chi connectivity index (χ0n) is 36.1. The van der Waals surface area contributed by atoms with E-state index in [0.717, 1.165) is 81.8 Å². The van der Waals surface area contributed by atoms with Gasteiger partial charge in [-0.25, -0.2) is 9.97 Å². The molecule has 1 atom stereocenters. The molecule has 0 spiro atoms. The first-order valence-electron chi connectivity index (χ1n) is 22.9. The van der Waals surface area contributed by atoms with Gasteiger partial charge in [0.15, 0.2) is 5.78 Å². The minimum atomic E-state index is -0.966. The van der Waals surface area contributed by atoms with Gasteiger partial charge in [0, 0.05) is 61.1 Å². The van der Waals surface area contributed by atoms with Crippen molar-refractivity contribution in [3.8, 4) is 11.5 Å². The number of benzene rings is 3. The molecule has 5 aromatic rings. The number of carbonyl (C=O) groups excluding carboxylic acids is 5. The van der Waals surface area contributed by atoms with Crippen LogP contribution in [0.1, 0.15) is 101 Å². The highest BCUT2D eigenvalue weighted by molar-refractivity contribution is 6.36. The molecule has 65 heavy (non-hydrogen) atoms. The number of imide groups is 2. The van der Waals surface area contributed by atoms with Crippen LogP contribution in [0, 0.1) is 5.92 Å². The Morgan fingerprint density at radius 3 is 2.28 bits per heavy atom. The van der Waals surface area contributed by atoms with Gasteiger partial charge in [-0.15, -0.1) is 0 Å². The minimum absolute atomic E-state index is 0.0976. The molecular formula is C49H52ClN9O6. The summed E-state index contributed by atoms with van der Waals surface area (Å²) in [6, 6.07) is 20.2. The second-order valence-electron chi connectivity index (χ2n) is 18.0. The molecule has 3 aromatic carbocycles. The highest BCUT2D eigenvalue weighted by atomic mass is 35.5. The average Bonchev–Trinajstić information content (AvgIpc) is 3.87. The summed E-state index contributed by atoms with van der Waals surface area (Å²) in [5, 5.41) is 10.8. The van der Waals surface area contributed by atoms with Gasteiger partial charge in [0.2, 0.25) is 11.8 Å². The van der Waals surface area contributed by atoms with E-state index in [1.54, 1.807) is 36.5 Å². The number of para-hydroxylation sites is 1. The summed E-state index contributed by atoms with van der Waals surface area (Å²) in [6.45, 7) is 4.94. The summed E-state index contributed by atoms with van der Waals surface area (Å²) in [5.41, 5.74) is 2.97. The maximum absolute atomic E-state index is 13.9. The van der Waals surface area contributed by atoms with Crippen LogP contribution in [0.3, 0.4) is 0 Å². The maximum atomic E-state index is 13.9. The van der Waals surface area contributed by atoms with Gasteiger partial charge in [0.25, 0.3) is 11.8 Å². The Kier molecular flexibility index (Phi) is 12.1. The number of piperidine rings is 3. The Labute approximate surface area is 381 Å². The van der Waals surface area contributed by atoms with Crippen LogP contribution in [-0.2, 0) is 9.59 Å². The number of rotatable bonds is 12. The van der Waals surface area contributed by atoms with E-state index in [1.807, 2.05) is 36.4 Å². The number of anilines is 2. The summed E-state index contributed by atoms with van der Waals surface area (Å²) in [6.07, 6.45) is 11.9. The largest absolute Gasteiger partial charge is 0.457 e. The van der Waals surface area contributed by atoms with Gasteiger partial charge in [-0.3, -0.25) is 34.2 Å². The molecule has 336 valence electrons. The second-order valence-corrected chi connectivity index (χ2v) is 18.4. The molecule has 5 aliphatic rings. The average molecular weight is 898 g/mol. The number of aromatic nitrogens is 3. The van der Waals surface area contributed by atoms with Crippen molar-refractivity contribution < 1.29 is 28.7 Å². The molecule has 6 heterocycles. The fourth-order valence-electron chi connectivity index (χ4n) is 10.4. The number of ketones is 1. The molecule has 0 radical (unpaired) electrons. The number of hydrogen-bond acceptors (Lipinski definition) is 12. The quantitative estimate of drug-likeness (QED) is 0.0767. The van der Waals surface area contributed by atoms with E-state index in [-0.39, 0.29) is 30.6 Å². The highest BCUT2D eigenvalue weighted by Crippen LogP contribution is 2.35. The predicted octanol–water partition coefficient (Wildman–Crippen LogP) is 6.73. The number of hydrogen-bond donors (Lipinski definition) is 4. The standard InChI is InChI=1S/C49H52ClN9O6/c50-40-25-35(65-34-4-2-1-3-5-34)11-13-37(40)44(61)39-27-52-45-43(39)46(54-28-53-45)55-31-8-6-30(7-9-31)51-26-29-16-20-57(21-17-29)32-18-22-58(23-19-32)33-10-12-36-38(24-33)49(64)59(48(36)63)41-14-15-42(60)56-47(41)62/h1-5,10-13,24-25,27-32,41,51H,6-9,14-23,26H2,(H,56,60,62)(H2,52,53,54,55). The summed E-state index contributed by atoms with van der Waals surface area (Å²) < 4.78 is 5.91. The van der Waals surface area contributed by atoms with Gasteiger partial charge in [-0.05, 0) is 126 Å². The fourth-order valence-corrected chi connectivity index (χ4v) is 10.7. The van der Waals surface area contributed by atoms with Crippen LogP contribution < -0.4 is 25.6 Å². The number of likely N-dealkylation sites (tertiary alicyclic amines) is 1. The third-order valence-electron chi connectivity index (χ3n) is 14.1. The first kappa shape index (κ1) is 42.8. The van der Waals surface area contributed by atoms with Crippen LogP contribution in [-0.4, -0.2) is 111 Å². The van der Waals surface area contributed by atoms with Crippen molar-refractivity contribution in [2.45, 2.75) is 88.4 Å². The summed E-state index contributed by atoms with van der Waals surface area (Å²) in [5.74, 6) is 0.366.